The summed E-state index contributed by atoms with van der Waals surface area (Å²) in [6.45, 7) is 3.83. The van der Waals surface area contributed by atoms with Gasteiger partial charge in [0.1, 0.15) is 5.54 Å². The number of carbonyl (C=O) groups is 1. The SMILES string of the molecule is C=C1NC(=O)C2(n3c(=O)oc4cnccc43)CC1C2. The van der Waals surface area contributed by atoms with E-state index in [0.29, 0.717) is 23.9 Å². The summed E-state index contributed by atoms with van der Waals surface area (Å²) in [5, 5.41) is 2.75. The van der Waals surface area contributed by atoms with Gasteiger partial charge in [0, 0.05) is 17.8 Å². The summed E-state index contributed by atoms with van der Waals surface area (Å²) in [4.78, 5) is 28.2. The highest BCUT2D eigenvalue weighted by molar-refractivity contribution is 5.91. The summed E-state index contributed by atoms with van der Waals surface area (Å²) >= 11 is 0. The molecule has 1 N–H and O–H groups in total. The van der Waals surface area contributed by atoms with E-state index in [1.54, 1.807) is 12.3 Å². The van der Waals surface area contributed by atoms with E-state index in [1.165, 1.54) is 10.8 Å². The zero-order chi connectivity index (χ0) is 13.2. The molecule has 1 aliphatic carbocycles. The summed E-state index contributed by atoms with van der Waals surface area (Å²) < 4.78 is 6.62. The highest BCUT2D eigenvalue weighted by Crippen LogP contribution is 2.50. The predicted octanol–water partition coefficient (Wildman–Crippen LogP) is 0.738. The van der Waals surface area contributed by atoms with Gasteiger partial charge in [0.2, 0.25) is 0 Å². The normalized spacial score (nSPS) is 29.2. The van der Waals surface area contributed by atoms with Crippen molar-refractivity contribution in [2.75, 3.05) is 0 Å². The molecule has 0 spiro atoms. The van der Waals surface area contributed by atoms with Gasteiger partial charge in [-0.05, 0) is 18.9 Å². The number of rotatable bonds is 1. The van der Waals surface area contributed by atoms with Crippen LogP contribution in [-0.2, 0) is 10.3 Å². The van der Waals surface area contributed by atoms with Gasteiger partial charge in [0.25, 0.3) is 5.91 Å². The number of nitrogens with zero attached hydrogens (tertiary/aromatic N) is 2. The van der Waals surface area contributed by atoms with Crippen LogP contribution in [0, 0.1) is 5.92 Å². The molecule has 2 aromatic rings. The van der Waals surface area contributed by atoms with Crippen LogP contribution in [-0.4, -0.2) is 15.5 Å². The highest BCUT2D eigenvalue weighted by Gasteiger charge is 2.58. The molecule has 3 fully saturated rings. The third-order valence-corrected chi connectivity index (χ3v) is 4.17. The van der Waals surface area contributed by atoms with E-state index >= 15 is 0 Å². The zero-order valence-electron chi connectivity index (χ0n) is 10.0. The second-order valence-electron chi connectivity index (χ2n) is 5.16. The first-order valence-corrected chi connectivity index (χ1v) is 6.08. The molecule has 1 saturated carbocycles. The van der Waals surface area contributed by atoms with Crippen molar-refractivity contribution in [3.63, 3.8) is 0 Å². The van der Waals surface area contributed by atoms with Crippen molar-refractivity contribution in [2.24, 2.45) is 5.92 Å². The van der Waals surface area contributed by atoms with Crippen LogP contribution in [0.5, 0.6) is 0 Å². The number of carbonyl (C=O) groups excluding carboxylic acids is 1. The highest BCUT2D eigenvalue weighted by atomic mass is 16.4. The number of oxazole rings is 1. The Bertz CT molecular complexity index is 780. The van der Waals surface area contributed by atoms with Crippen LogP contribution in [0.4, 0.5) is 0 Å². The summed E-state index contributed by atoms with van der Waals surface area (Å²) in [5.41, 5.74) is 0.938. The number of aromatic nitrogens is 2. The van der Waals surface area contributed by atoms with Crippen LogP contribution < -0.4 is 11.1 Å². The quantitative estimate of drug-likeness (QED) is 0.817. The van der Waals surface area contributed by atoms with Crippen molar-refractivity contribution in [3.8, 4) is 0 Å². The van der Waals surface area contributed by atoms with Crippen LogP contribution in [0.25, 0.3) is 11.1 Å². The number of hydrogen-bond donors (Lipinski definition) is 1. The molecule has 2 bridgehead atoms. The zero-order valence-corrected chi connectivity index (χ0v) is 10.0. The first kappa shape index (κ1) is 10.5. The maximum Gasteiger partial charge on any atom is 0.420 e. The molecule has 2 saturated heterocycles. The van der Waals surface area contributed by atoms with Crippen molar-refractivity contribution >= 4 is 17.0 Å². The fourth-order valence-corrected chi connectivity index (χ4v) is 3.11. The van der Waals surface area contributed by atoms with Gasteiger partial charge in [-0.25, -0.2) is 4.79 Å². The molecule has 4 heterocycles. The third kappa shape index (κ3) is 1.13. The molecule has 19 heavy (non-hydrogen) atoms. The van der Waals surface area contributed by atoms with Crippen molar-refractivity contribution in [1.82, 2.24) is 14.9 Å². The smallest absolute Gasteiger partial charge is 0.406 e. The van der Waals surface area contributed by atoms with E-state index in [9.17, 15) is 9.59 Å². The lowest BCUT2D eigenvalue weighted by molar-refractivity contribution is -0.140. The number of amides is 1. The Morgan fingerprint density at radius 1 is 1.47 bits per heavy atom. The van der Waals surface area contributed by atoms with Crippen LogP contribution >= 0.6 is 0 Å². The van der Waals surface area contributed by atoms with Crippen LogP contribution in [0.15, 0.2) is 39.9 Å². The van der Waals surface area contributed by atoms with Crippen molar-refractivity contribution in [3.05, 3.63) is 41.3 Å². The Kier molecular flexibility index (Phi) is 1.74. The van der Waals surface area contributed by atoms with Gasteiger partial charge in [-0.2, -0.15) is 0 Å². The van der Waals surface area contributed by atoms with E-state index in [-0.39, 0.29) is 11.8 Å². The number of pyridine rings is 1. The minimum Gasteiger partial charge on any atom is -0.406 e. The summed E-state index contributed by atoms with van der Waals surface area (Å²) in [6.07, 6.45) is 4.28. The number of allylic oxidation sites excluding steroid dienone is 1. The summed E-state index contributed by atoms with van der Waals surface area (Å²) in [5.74, 6) is -0.442. The molecule has 2 aliphatic heterocycles. The lowest BCUT2D eigenvalue weighted by Gasteiger charge is -2.51. The molecular weight excluding hydrogens is 246 g/mol. The van der Waals surface area contributed by atoms with E-state index in [2.05, 4.69) is 16.9 Å². The Balaban J connectivity index is 1.97. The molecule has 0 unspecified atom stereocenters. The van der Waals surface area contributed by atoms with E-state index in [0.717, 1.165) is 5.70 Å². The fraction of sp³-hybridized carbons (Fsp3) is 0.308. The molecule has 5 rings (SSSR count). The average Bonchev–Trinajstić information content (AvgIpc) is 2.64. The largest absolute Gasteiger partial charge is 0.420 e. The predicted molar refractivity (Wildman–Crippen MR) is 66.2 cm³/mol. The lowest BCUT2D eigenvalue weighted by atomic mass is 9.63. The van der Waals surface area contributed by atoms with Gasteiger partial charge in [-0.1, -0.05) is 6.58 Å². The van der Waals surface area contributed by atoms with Gasteiger partial charge in [-0.15, -0.1) is 0 Å². The standard InChI is InChI=1S/C13H11N3O3/c1-7-8-4-13(5-8,11(17)15-7)16-9-2-3-14-6-10(9)19-12(16)18/h2-3,6,8H,1,4-5H2,(H,15,17). The van der Waals surface area contributed by atoms with Crippen molar-refractivity contribution < 1.29 is 9.21 Å². The van der Waals surface area contributed by atoms with Crippen LogP contribution in [0.1, 0.15) is 12.8 Å². The first-order valence-electron chi connectivity index (χ1n) is 6.08. The van der Waals surface area contributed by atoms with Gasteiger partial charge >= 0.3 is 5.76 Å². The van der Waals surface area contributed by atoms with Crippen molar-refractivity contribution in [1.29, 1.82) is 0 Å². The molecule has 96 valence electrons. The van der Waals surface area contributed by atoms with Crippen LogP contribution in [0.3, 0.4) is 0 Å². The van der Waals surface area contributed by atoms with Crippen LogP contribution in [0.2, 0.25) is 0 Å². The molecule has 2 aromatic heterocycles. The minimum absolute atomic E-state index is 0.179. The number of fused-ring (bicyclic) bond motifs is 3. The molecule has 6 heteroatoms. The monoisotopic (exact) mass is 257 g/mol. The Hall–Kier alpha value is -2.37. The maximum absolute atomic E-state index is 12.3. The van der Waals surface area contributed by atoms with E-state index < -0.39 is 11.3 Å². The number of hydrogen-bond acceptors (Lipinski definition) is 4. The average molecular weight is 257 g/mol. The molecule has 3 aliphatic rings. The van der Waals surface area contributed by atoms with Gasteiger partial charge in [-0.3, -0.25) is 14.3 Å². The summed E-state index contributed by atoms with van der Waals surface area (Å²) in [6, 6.07) is 1.69. The molecule has 6 nitrogen and oxygen atoms in total. The second-order valence-corrected chi connectivity index (χ2v) is 5.16. The lowest BCUT2D eigenvalue weighted by Crippen LogP contribution is -2.64. The third-order valence-electron chi connectivity index (χ3n) is 4.17. The molecule has 1 amide bonds. The summed E-state index contributed by atoms with van der Waals surface area (Å²) in [7, 11) is 0. The topological polar surface area (TPSA) is 77.1 Å². The Labute approximate surface area is 107 Å². The second kappa shape index (κ2) is 3.14. The molecule has 0 aromatic carbocycles. The molecule has 0 radical (unpaired) electrons. The number of nitrogens with one attached hydrogen (secondary N) is 1. The minimum atomic E-state index is -0.824. The van der Waals surface area contributed by atoms with Gasteiger partial charge < -0.3 is 9.73 Å². The molecular formula is C13H11N3O3. The first-order chi connectivity index (χ1) is 9.12. The Morgan fingerprint density at radius 2 is 2.26 bits per heavy atom. The van der Waals surface area contributed by atoms with E-state index in [4.69, 9.17) is 4.42 Å². The van der Waals surface area contributed by atoms with Gasteiger partial charge in [0.15, 0.2) is 5.58 Å². The van der Waals surface area contributed by atoms with Crippen molar-refractivity contribution in [2.45, 2.75) is 18.4 Å². The fourth-order valence-electron chi connectivity index (χ4n) is 3.11. The van der Waals surface area contributed by atoms with E-state index in [1.807, 2.05) is 0 Å². The number of piperidine rings is 2. The Morgan fingerprint density at radius 3 is 3.00 bits per heavy atom. The maximum atomic E-state index is 12.3. The van der Waals surface area contributed by atoms with Gasteiger partial charge in [0.05, 0.1) is 11.7 Å². The molecule has 0 atom stereocenters.